The molecule has 0 spiro atoms. The summed E-state index contributed by atoms with van der Waals surface area (Å²) in [4.78, 5) is 23.3. The van der Waals surface area contributed by atoms with Crippen LogP contribution in [0.4, 0.5) is 0 Å². The summed E-state index contributed by atoms with van der Waals surface area (Å²) in [5.41, 5.74) is 5.87. The number of phosphoric ester groups is 1. The molecule has 1 aromatic rings. The number of nitrogens with one attached hydrogen (secondary N) is 1. The standard InChI is InChI=1S/C21H33N2O6P/c1-13(24)23-18(19(22)25)17-10-8-14-12-15(9-11-16(14)17)27-30(26,28-20(2,3)4)29-21(5,6)7/h9,11-12,17-18H,8,10H2,1-7H3,(H2,22,25)(H,23,24)/t17-,18-/m0/s1. The number of aryl methyl sites for hydroxylation is 1. The summed E-state index contributed by atoms with van der Waals surface area (Å²) < 4.78 is 30.4. The second kappa shape index (κ2) is 8.69. The summed E-state index contributed by atoms with van der Waals surface area (Å²) in [5, 5.41) is 2.64. The molecule has 9 heteroatoms. The van der Waals surface area contributed by atoms with E-state index in [9.17, 15) is 14.2 Å². The zero-order chi connectivity index (χ0) is 22.9. The molecule has 1 aliphatic rings. The van der Waals surface area contributed by atoms with Crippen molar-refractivity contribution in [3.8, 4) is 5.75 Å². The highest BCUT2D eigenvalue weighted by Crippen LogP contribution is 2.55. The van der Waals surface area contributed by atoms with Crippen molar-refractivity contribution in [3.05, 3.63) is 29.3 Å². The van der Waals surface area contributed by atoms with Gasteiger partial charge in [0.2, 0.25) is 11.8 Å². The number of amides is 2. The molecule has 0 aromatic heterocycles. The van der Waals surface area contributed by atoms with Crippen LogP contribution in [0.3, 0.4) is 0 Å². The van der Waals surface area contributed by atoms with Crippen molar-refractivity contribution in [1.82, 2.24) is 5.32 Å². The third-order valence-electron chi connectivity index (χ3n) is 4.29. The Morgan fingerprint density at radius 2 is 1.70 bits per heavy atom. The maximum Gasteiger partial charge on any atom is 0.531 e. The maximum atomic E-state index is 13.3. The molecule has 0 unspecified atom stereocenters. The van der Waals surface area contributed by atoms with Crippen molar-refractivity contribution >= 4 is 19.6 Å². The molecule has 1 aromatic carbocycles. The third kappa shape index (κ3) is 6.83. The fourth-order valence-corrected chi connectivity index (χ4v) is 5.30. The van der Waals surface area contributed by atoms with E-state index in [1.807, 2.05) is 0 Å². The van der Waals surface area contributed by atoms with Gasteiger partial charge in [-0.25, -0.2) is 4.57 Å². The predicted molar refractivity (Wildman–Crippen MR) is 114 cm³/mol. The van der Waals surface area contributed by atoms with Gasteiger partial charge in [-0.05, 0) is 77.6 Å². The van der Waals surface area contributed by atoms with Crippen LogP contribution in [0.25, 0.3) is 0 Å². The Morgan fingerprint density at radius 3 is 2.17 bits per heavy atom. The Hall–Kier alpha value is -1.89. The molecule has 8 nitrogen and oxygen atoms in total. The van der Waals surface area contributed by atoms with E-state index < -0.39 is 31.0 Å². The number of benzene rings is 1. The minimum absolute atomic E-state index is 0.223. The molecule has 0 saturated carbocycles. The number of hydrogen-bond donors (Lipinski definition) is 2. The Bertz CT molecular complexity index is 836. The van der Waals surface area contributed by atoms with Crippen molar-refractivity contribution in [2.75, 3.05) is 0 Å². The number of carbonyl (C=O) groups is 2. The maximum absolute atomic E-state index is 13.3. The first-order valence-corrected chi connectivity index (χ1v) is 11.4. The average molecular weight is 440 g/mol. The van der Waals surface area contributed by atoms with Crippen molar-refractivity contribution in [1.29, 1.82) is 0 Å². The molecule has 0 bridgehead atoms. The molecular formula is C21H33N2O6P. The molecule has 0 fully saturated rings. The van der Waals surface area contributed by atoms with Crippen LogP contribution in [0.2, 0.25) is 0 Å². The number of rotatable bonds is 7. The topological polar surface area (TPSA) is 117 Å². The zero-order valence-corrected chi connectivity index (χ0v) is 19.7. The number of fused-ring (bicyclic) bond motifs is 1. The van der Waals surface area contributed by atoms with E-state index in [0.717, 1.165) is 11.1 Å². The van der Waals surface area contributed by atoms with E-state index in [1.54, 1.807) is 59.7 Å². The first-order valence-electron chi connectivity index (χ1n) is 9.99. The van der Waals surface area contributed by atoms with Gasteiger partial charge >= 0.3 is 7.82 Å². The van der Waals surface area contributed by atoms with Crippen molar-refractivity contribution in [2.45, 2.75) is 84.5 Å². The molecule has 0 heterocycles. The summed E-state index contributed by atoms with van der Waals surface area (Å²) in [7, 11) is -3.91. The summed E-state index contributed by atoms with van der Waals surface area (Å²) in [6, 6.07) is 4.45. The lowest BCUT2D eigenvalue weighted by Crippen LogP contribution is -2.47. The highest BCUT2D eigenvalue weighted by Gasteiger charge is 2.39. The Balaban J connectivity index is 2.30. The fraction of sp³-hybridized carbons (Fsp3) is 0.619. The SMILES string of the molecule is CC(=O)N[C@H](C(N)=O)[C@H]1CCc2cc(OP(=O)(OC(C)(C)C)OC(C)(C)C)ccc21. The molecule has 2 rings (SSSR count). The van der Waals surface area contributed by atoms with Gasteiger partial charge in [0.15, 0.2) is 0 Å². The summed E-state index contributed by atoms with van der Waals surface area (Å²) in [6.45, 7) is 12.0. The lowest BCUT2D eigenvalue weighted by atomic mass is 9.92. The lowest BCUT2D eigenvalue weighted by Gasteiger charge is -2.31. The van der Waals surface area contributed by atoms with Crippen LogP contribution < -0.4 is 15.6 Å². The molecule has 0 saturated heterocycles. The van der Waals surface area contributed by atoms with Crippen LogP contribution in [-0.4, -0.2) is 29.1 Å². The van der Waals surface area contributed by atoms with Gasteiger partial charge in [0.05, 0.1) is 11.2 Å². The smallest absolute Gasteiger partial charge is 0.404 e. The second-order valence-electron chi connectivity index (χ2n) is 9.53. The number of hydrogen-bond acceptors (Lipinski definition) is 6. The highest BCUT2D eigenvalue weighted by atomic mass is 31.2. The van der Waals surface area contributed by atoms with Crippen molar-refractivity contribution in [2.24, 2.45) is 5.73 Å². The van der Waals surface area contributed by atoms with Crippen LogP contribution in [0.5, 0.6) is 5.75 Å². The van der Waals surface area contributed by atoms with E-state index in [4.69, 9.17) is 19.3 Å². The lowest BCUT2D eigenvalue weighted by molar-refractivity contribution is -0.126. The Morgan fingerprint density at radius 1 is 1.13 bits per heavy atom. The second-order valence-corrected chi connectivity index (χ2v) is 11.0. The van der Waals surface area contributed by atoms with Gasteiger partial charge in [-0.3, -0.25) is 18.6 Å². The molecule has 0 radical (unpaired) electrons. The number of carbonyl (C=O) groups excluding carboxylic acids is 2. The third-order valence-corrected chi connectivity index (χ3v) is 6.27. The fourth-order valence-electron chi connectivity index (χ4n) is 3.47. The van der Waals surface area contributed by atoms with Crippen molar-refractivity contribution in [3.63, 3.8) is 0 Å². The summed E-state index contributed by atoms with van der Waals surface area (Å²) in [5.74, 6) is -0.767. The number of phosphoric acid groups is 1. The van der Waals surface area contributed by atoms with E-state index in [0.29, 0.717) is 18.6 Å². The molecule has 0 aliphatic heterocycles. The normalized spacial score (nSPS) is 17.9. The number of nitrogens with two attached hydrogens (primary N) is 1. The van der Waals surface area contributed by atoms with Crippen LogP contribution in [0.1, 0.15) is 71.9 Å². The molecule has 2 amide bonds. The minimum atomic E-state index is -3.91. The molecular weight excluding hydrogens is 407 g/mol. The molecule has 1 aliphatic carbocycles. The minimum Gasteiger partial charge on any atom is -0.404 e. The van der Waals surface area contributed by atoms with E-state index >= 15 is 0 Å². The van der Waals surface area contributed by atoms with Gasteiger partial charge in [-0.15, -0.1) is 0 Å². The van der Waals surface area contributed by atoms with Gasteiger partial charge in [-0.1, -0.05) is 6.07 Å². The van der Waals surface area contributed by atoms with Gasteiger partial charge in [0.1, 0.15) is 11.8 Å². The average Bonchev–Trinajstić information content (AvgIpc) is 2.90. The molecule has 168 valence electrons. The van der Waals surface area contributed by atoms with Crippen LogP contribution >= 0.6 is 7.82 Å². The summed E-state index contributed by atoms with van der Waals surface area (Å²) in [6.07, 6.45) is 1.33. The van der Waals surface area contributed by atoms with Crippen molar-refractivity contribution < 1.29 is 27.7 Å². The summed E-state index contributed by atoms with van der Waals surface area (Å²) >= 11 is 0. The van der Waals surface area contributed by atoms with Gasteiger partial charge in [-0.2, -0.15) is 0 Å². The molecule has 30 heavy (non-hydrogen) atoms. The highest BCUT2D eigenvalue weighted by molar-refractivity contribution is 7.49. The predicted octanol–water partition coefficient (Wildman–Crippen LogP) is 3.82. The first kappa shape index (κ1) is 24.4. The molecule has 3 N–H and O–H groups in total. The van der Waals surface area contributed by atoms with Crippen LogP contribution in [0.15, 0.2) is 18.2 Å². The largest absolute Gasteiger partial charge is 0.531 e. The van der Waals surface area contributed by atoms with Gasteiger partial charge in [0, 0.05) is 12.8 Å². The Labute approximate surface area is 178 Å². The monoisotopic (exact) mass is 440 g/mol. The van der Waals surface area contributed by atoms with Gasteiger partial charge in [0.25, 0.3) is 0 Å². The number of primary amides is 1. The van der Waals surface area contributed by atoms with E-state index in [-0.39, 0.29) is 11.8 Å². The zero-order valence-electron chi connectivity index (χ0n) is 18.8. The Kier molecular flexibility index (Phi) is 7.06. The van der Waals surface area contributed by atoms with Gasteiger partial charge < -0.3 is 15.6 Å². The quantitative estimate of drug-likeness (QED) is 0.623. The van der Waals surface area contributed by atoms with Crippen LogP contribution in [-0.2, 0) is 29.6 Å². The molecule has 2 atom stereocenters. The van der Waals surface area contributed by atoms with E-state index in [1.165, 1.54) is 6.92 Å². The van der Waals surface area contributed by atoms with Crippen LogP contribution in [0, 0.1) is 0 Å². The van der Waals surface area contributed by atoms with E-state index in [2.05, 4.69) is 5.32 Å². The first-order chi connectivity index (χ1) is 13.6.